The molecule has 1 aliphatic carbocycles. The summed E-state index contributed by atoms with van der Waals surface area (Å²) in [4.78, 5) is 19.0. The van der Waals surface area contributed by atoms with Crippen molar-refractivity contribution in [2.45, 2.75) is 64.8 Å². The number of amides is 2. The number of aryl methyl sites for hydroxylation is 1. The summed E-state index contributed by atoms with van der Waals surface area (Å²) < 4.78 is 0. The highest BCUT2D eigenvalue weighted by Gasteiger charge is 2.39. The Kier molecular flexibility index (Phi) is 4.88. The SMILES string of the molecule is Cc1ccc([C@H](C)NC(=O)N2CCC3(CCCCCC3)C2)cn1. The summed E-state index contributed by atoms with van der Waals surface area (Å²) in [6.45, 7) is 5.85. The van der Waals surface area contributed by atoms with Gasteiger partial charge in [-0.25, -0.2) is 4.79 Å². The molecule has 1 atom stereocenters. The highest BCUT2D eigenvalue weighted by atomic mass is 16.2. The van der Waals surface area contributed by atoms with Crippen molar-refractivity contribution in [1.29, 1.82) is 0 Å². The maximum atomic E-state index is 12.6. The molecule has 1 saturated carbocycles. The standard InChI is InChI=1S/C19H29N3O/c1-15-7-8-17(13-20-15)16(2)21-18(23)22-12-11-19(14-22)9-5-3-4-6-10-19/h7-8,13,16H,3-6,9-12,14H2,1-2H3,(H,21,23)/t16-/m0/s1. The molecule has 2 aliphatic rings. The number of aromatic nitrogens is 1. The van der Waals surface area contributed by atoms with Crippen LogP contribution in [-0.4, -0.2) is 29.0 Å². The number of nitrogens with zero attached hydrogens (tertiary/aromatic N) is 2. The number of likely N-dealkylation sites (tertiary alicyclic amines) is 1. The van der Waals surface area contributed by atoms with Crippen LogP contribution in [0, 0.1) is 12.3 Å². The summed E-state index contributed by atoms with van der Waals surface area (Å²) in [5.74, 6) is 0. The third-order valence-electron chi connectivity index (χ3n) is 5.66. The lowest BCUT2D eigenvalue weighted by molar-refractivity contribution is 0.191. The first-order valence-electron chi connectivity index (χ1n) is 9.06. The second-order valence-electron chi connectivity index (χ2n) is 7.49. The monoisotopic (exact) mass is 315 g/mol. The summed E-state index contributed by atoms with van der Waals surface area (Å²) in [5, 5.41) is 3.14. The van der Waals surface area contributed by atoms with Gasteiger partial charge < -0.3 is 10.2 Å². The first-order valence-corrected chi connectivity index (χ1v) is 9.06. The van der Waals surface area contributed by atoms with Gasteiger partial charge in [0, 0.05) is 25.0 Å². The van der Waals surface area contributed by atoms with Crippen molar-refractivity contribution in [2.24, 2.45) is 5.41 Å². The average Bonchev–Trinajstić information content (AvgIpc) is 2.81. The van der Waals surface area contributed by atoms with E-state index in [0.717, 1.165) is 24.3 Å². The van der Waals surface area contributed by atoms with Crippen LogP contribution in [0.1, 0.15) is 69.2 Å². The Balaban J connectivity index is 1.57. The predicted molar refractivity (Wildman–Crippen MR) is 92.2 cm³/mol. The number of urea groups is 1. The number of hydrogen-bond donors (Lipinski definition) is 1. The third kappa shape index (κ3) is 3.85. The van der Waals surface area contributed by atoms with E-state index in [-0.39, 0.29) is 12.1 Å². The first-order chi connectivity index (χ1) is 11.1. The van der Waals surface area contributed by atoms with E-state index in [4.69, 9.17) is 0 Å². The molecule has 0 bridgehead atoms. The van der Waals surface area contributed by atoms with Crippen LogP contribution in [0.5, 0.6) is 0 Å². The minimum atomic E-state index is 0.00119. The van der Waals surface area contributed by atoms with E-state index in [9.17, 15) is 4.79 Å². The van der Waals surface area contributed by atoms with Gasteiger partial charge in [0.25, 0.3) is 0 Å². The molecule has 1 aromatic rings. The minimum absolute atomic E-state index is 0.00119. The zero-order chi connectivity index (χ0) is 16.3. The molecule has 3 rings (SSSR count). The normalized spacial score (nSPS) is 21.9. The Morgan fingerprint density at radius 2 is 1.96 bits per heavy atom. The third-order valence-corrected chi connectivity index (χ3v) is 5.66. The molecule has 0 radical (unpaired) electrons. The molecule has 0 unspecified atom stereocenters. The van der Waals surface area contributed by atoms with Crippen LogP contribution in [0.25, 0.3) is 0 Å². The molecule has 1 spiro atoms. The van der Waals surface area contributed by atoms with Crippen LogP contribution in [0.2, 0.25) is 0 Å². The molecule has 2 heterocycles. The predicted octanol–water partition coefficient (Wildman–Crippen LogP) is 4.21. The molecule has 1 aliphatic heterocycles. The molecule has 1 N–H and O–H groups in total. The molecule has 0 aromatic carbocycles. The van der Waals surface area contributed by atoms with Gasteiger partial charge in [0.2, 0.25) is 0 Å². The van der Waals surface area contributed by atoms with Crippen molar-refractivity contribution in [2.75, 3.05) is 13.1 Å². The lowest BCUT2D eigenvalue weighted by Gasteiger charge is -2.28. The van der Waals surface area contributed by atoms with E-state index in [1.54, 1.807) is 0 Å². The van der Waals surface area contributed by atoms with E-state index >= 15 is 0 Å². The largest absolute Gasteiger partial charge is 0.331 e. The smallest absolute Gasteiger partial charge is 0.317 e. The molecule has 4 nitrogen and oxygen atoms in total. The van der Waals surface area contributed by atoms with Gasteiger partial charge >= 0.3 is 6.03 Å². The summed E-state index contributed by atoms with van der Waals surface area (Å²) in [6, 6.07) is 4.12. The summed E-state index contributed by atoms with van der Waals surface area (Å²) >= 11 is 0. The van der Waals surface area contributed by atoms with Crippen molar-refractivity contribution in [3.8, 4) is 0 Å². The second-order valence-corrected chi connectivity index (χ2v) is 7.49. The van der Waals surface area contributed by atoms with Crippen molar-refractivity contribution in [1.82, 2.24) is 15.2 Å². The lowest BCUT2D eigenvalue weighted by atomic mass is 9.80. The minimum Gasteiger partial charge on any atom is -0.331 e. The first kappa shape index (κ1) is 16.3. The molecule has 2 fully saturated rings. The Hall–Kier alpha value is -1.58. The Labute approximate surface area is 139 Å². The summed E-state index contributed by atoms with van der Waals surface area (Å²) in [5.41, 5.74) is 2.47. The van der Waals surface area contributed by atoms with Crippen molar-refractivity contribution in [3.63, 3.8) is 0 Å². The van der Waals surface area contributed by atoms with Gasteiger partial charge in [-0.1, -0.05) is 31.7 Å². The fourth-order valence-corrected chi connectivity index (χ4v) is 4.09. The number of pyridine rings is 1. The molecular weight excluding hydrogens is 286 g/mol. The Bertz CT molecular complexity index is 532. The van der Waals surface area contributed by atoms with Crippen molar-refractivity contribution < 1.29 is 4.79 Å². The summed E-state index contributed by atoms with van der Waals surface area (Å²) in [7, 11) is 0. The van der Waals surface area contributed by atoms with Crippen LogP contribution in [0.4, 0.5) is 4.79 Å². The van der Waals surface area contributed by atoms with E-state index < -0.39 is 0 Å². The summed E-state index contributed by atoms with van der Waals surface area (Å²) in [6.07, 6.45) is 11.0. The number of hydrogen-bond acceptors (Lipinski definition) is 2. The zero-order valence-corrected chi connectivity index (χ0v) is 14.5. The van der Waals surface area contributed by atoms with Gasteiger partial charge in [0.15, 0.2) is 0 Å². The number of nitrogens with one attached hydrogen (secondary N) is 1. The van der Waals surface area contributed by atoms with Crippen LogP contribution >= 0.6 is 0 Å². The van der Waals surface area contributed by atoms with Gasteiger partial charge in [-0.3, -0.25) is 4.98 Å². The average molecular weight is 315 g/mol. The topological polar surface area (TPSA) is 45.2 Å². The number of carbonyl (C=O) groups is 1. The van der Waals surface area contributed by atoms with Gasteiger partial charge in [-0.2, -0.15) is 0 Å². The quantitative estimate of drug-likeness (QED) is 0.888. The molecule has 126 valence electrons. The Morgan fingerprint density at radius 1 is 1.22 bits per heavy atom. The van der Waals surface area contributed by atoms with Crippen LogP contribution in [0.3, 0.4) is 0 Å². The van der Waals surface area contributed by atoms with Crippen molar-refractivity contribution >= 4 is 6.03 Å². The van der Waals surface area contributed by atoms with Crippen molar-refractivity contribution in [3.05, 3.63) is 29.6 Å². The molecule has 2 amide bonds. The highest BCUT2D eigenvalue weighted by Crippen LogP contribution is 2.42. The maximum absolute atomic E-state index is 12.6. The van der Waals surface area contributed by atoms with Crippen LogP contribution < -0.4 is 5.32 Å². The maximum Gasteiger partial charge on any atom is 0.317 e. The number of carbonyl (C=O) groups excluding carboxylic acids is 1. The van der Waals surface area contributed by atoms with Gasteiger partial charge in [-0.15, -0.1) is 0 Å². The van der Waals surface area contributed by atoms with E-state index in [1.807, 2.05) is 37.1 Å². The van der Waals surface area contributed by atoms with E-state index in [2.05, 4.69) is 10.3 Å². The lowest BCUT2D eigenvalue weighted by Crippen LogP contribution is -2.41. The Morgan fingerprint density at radius 3 is 2.61 bits per heavy atom. The molecule has 1 saturated heterocycles. The van der Waals surface area contributed by atoms with E-state index in [1.165, 1.54) is 44.9 Å². The molecular formula is C19H29N3O. The fourth-order valence-electron chi connectivity index (χ4n) is 4.09. The molecule has 4 heteroatoms. The number of rotatable bonds is 2. The van der Waals surface area contributed by atoms with Gasteiger partial charge in [-0.05, 0) is 50.2 Å². The second kappa shape index (κ2) is 6.90. The van der Waals surface area contributed by atoms with Gasteiger partial charge in [0.05, 0.1) is 6.04 Å². The molecule has 1 aromatic heterocycles. The van der Waals surface area contributed by atoms with E-state index in [0.29, 0.717) is 5.41 Å². The fraction of sp³-hybridized carbons (Fsp3) is 0.684. The van der Waals surface area contributed by atoms with Crippen LogP contribution in [0.15, 0.2) is 18.3 Å². The highest BCUT2D eigenvalue weighted by molar-refractivity contribution is 5.75. The van der Waals surface area contributed by atoms with Crippen LogP contribution in [-0.2, 0) is 0 Å². The van der Waals surface area contributed by atoms with Gasteiger partial charge in [0.1, 0.15) is 0 Å². The zero-order valence-electron chi connectivity index (χ0n) is 14.5. The molecule has 23 heavy (non-hydrogen) atoms.